The first-order valence-corrected chi connectivity index (χ1v) is 5.26. The van der Waals surface area contributed by atoms with Gasteiger partial charge < -0.3 is 0 Å². The Hall–Kier alpha value is -0.470. The molecule has 2 aliphatic carbocycles. The van der Waals surface area contributed by atoms with E-state index in [-0.39, 0.29) is 11.8 Å². The van der Waals surface area contributed by atoms with Crippen molar-refractivity contribution >= 4 is 0 Å². The monoisotopic (exact) mass is 204 g/mol. The molecule has 0 spiro atoms. The summed E-state index contributed by atoms with van der Waals surface area (Å²) in [7, 11) is 0. The maximum absolute atomic E-state index is 12.1. The number of hydrogen-bond acceptors (Lipinski definition) is 0. The molecule has 0 bridgehead atoms. The smallest absolute Gasteiger partial charge is 0.171 e. The van der Waals surface area contributed by atoms with Gasteiger partial charge in [-0.25, -0.2) is 0 Å². The van der Waals surface area contributed by atoms with Gasteiger partial charge in [0.25, 0.3) is 0 Å². The normalized spacial score (nSPS) is 36.3. The minimum absolute atomic E-state index is 0.121. The summed E-state index contributed by atoms with van der Waals surface area (Å²) in [5.74, 6) is 0.660. The van der Waals surface area contributed by atoms with Crippen molar-refractivity contribution in [3.63, 3.8) is 0 Å². The Bertz CT molecular complexity index is 252. The SMILES string of the molecule is CCC1=C[C@@H]2[C@H](C1)C[C@@H]2CC(F)(F)F. The Morgan fingerprint density at radius 2 is 2.14 bits per heavy atom. The molecule has 3 heteroatoms. The lowest BCUT2D eigenvalue weighted by atomic mass is 9.65. The maximum Gasteiger partial charge on any atom is 0.389 e. The molecule has 0 unspecified atom stereocenters. The highest BCUT2D eigenvalue weighted by atomic mass is 19.4. The molecule has 3 atom stereocenters. The van der Waals surface area contributed by atoms with Gasteiger partial charge in [0.2, 0.25) is 0 Å². The molecule has 1 saturated carbocycles. The molecule has 0 heterocycles. The second-order valence-electron chi connectivity index (χ2n) is 4.54. The first-order valence-electron chi connectivity index (χ1n) is 5.26. The number of halogens is 3. The van der Waals surface area contributed by atoms with Gasteiger partial charge in [0, 0.05) is 6.42 Å². The zero-order valence-corrected chi connectivity index (χ0v) is 8.27. The summed E-state index contributed by atoms with van der Waals surface area (Å²) in [5, 5.41) is 0. The molecule has 80 valence electrons. The summed E-state index contributed by atoms with van der Waals surface area (Å²) in [6, 6.07) is 0. The van der Waals surface area contributed by atoms with E-state index in [2.05, 4.69) is 13.0 Å². The van der Waals surface area contributed by atoms with Crippen molar-refractivity contribution in [3.8, 4) is 0 Å². The Balaban J connectivity index is 1.92. The second-order valence-corrected chi connectivity index (χ2v) is 4.54. The third-order valence-electron chi connectivity index (χ3n) is 3.59. The lowest BCUT2D eigenvalue weighted by Crippen LogP contribution is -2.35. The van der Waals surface area contributed by atoms with Gasteiger partial charge in [-0.1, -0.05) is 18.6 Å². The second kappa shape index (κ2) is 3.28. The fourth-order valence-electron chi connectivity index (χ4n) is 2.84. The zero-order valence-electron chi connectivity index (χ0n) is 8.27. The topological polar surface area (TPSA) is 0 Å². The quantitative estimate of drug-likeness (QED) is 0.598. The number of fused-ring (bicyclic) bond motifs is 1. The molecule has 0 aromatic carbocycles. The van der Waals surface area contributed by atoms with Crippen LogP contribution in [-0.4, -0.2) is 6.18 Å². The molecule has 0 aromatic rings. The molecule has 2 rings (SSSR count). The van der Waals surface area contributed by atoms with Crippen molar-refractivity contribution in [2.75, 3.05) is 0 Å². The third kappa shape index (κ3) is 1.82. The Morgan fingerprint density at radius 1 is 1.43 bits per heavy atom. The van der Waals surface area contributed by atoms with E-state index in [1.165, 1.54) is 5.57 Å². The van der Waals surface area contributed by atoms with E-state index in [9.17, 15) is 13.2 Å². The van der Waals surface area contributed by atoms with Crippen molar-refractivity contribution in [2.24, 2.45) is 17.8 Å². The molecule has 0 aromatic heterocycles. The Kier molecular flexibility index (Phi) is 2.36. The molecule has 0 nitrogen and oxygen atoms in total. The van der Waals surface area contributed by atoms with E-state index in [1.807, 2.05) is 0 Å². The van der Waals surface area contributed by atoms with Crippen LogP contribution in [0.25, 0.3) is 0 Å². The molecule has 14 heavy (non-hydrogen) atoms. The summed E-state index contributed by atoms with van der Waals surface area (Å²) >= 11 is 0. The summed E-state index contributed by atoms with van der Waals surface area (Å²) in [5.41, 5.74) is 1.37. The first kappa shape index (κ1) is 10.1. The van der Waals surface area contributed by atoms with Crippen LogP contribution >= 0.6 is 0 Å². The molecule has 1 fully saturated rings. The van der Waals surface area contributed by atoms with Crippen molar-refractivity contribution in [1.29, 1.82) is 0 Å². The minimum atomic E-state index is -3.97. The van der Waals surface area contributed by atoms with Crippen molar-refractivity contribution in [1.82, 2.24) is 0 Å². The largest absolute Gasteiger partial charge is 0.389 e. The van der Waals surface area contributed by atoms with Crippen LogP contribution in [0.2, 0.25) is 0 Å². The van der Waals surface area contributed by atoms with Crippen molar-refractivity contribution < 1.29 is 13.2 Å². The van der Waals surface area contributed by atoms with Gasteiger partial charge in [-0.05, 0) is 37.0 Å². The van der Waals surface area contributed by atoms with Crippen LogP contribution < -0.4 is 0 Å². The predicted octanol–water partition coefficient (Wildman–Crippen LogP) is 3.93. The molecule has 0 radical (unpaired) electrons. The van der Waals surface area contributed by atoms with Crippen LogP contribution in [0, 0.1) is 17.8 Å². The number of alkyl halides is 3. The number of allylic oxidation sites excluding steroid dienone is 2. The number of hydrogen-bond donors (Lipinski definition) is 0. The molecule has 0 N–H and O–H groups in total. The summed E-state index contributed by atoms with van der Waals surface area (Å²) in [4.78, 5) is 0. The zero-order chi connectivity index (χ0) is 10.3. The minimum Gasteiger partial charge on any atom is -0.171 e. The van der Waals surface area contributed by atoms with Gasteiger partial charge in [0.15, 0.2) is 0 Å². The summed E-state index contributed by atoms with van der Waals surface area (Å²) < 4.78 is 36.4. The van der Waals surface area contributed by atoms with Crippen LogP contribution in [0.4, 0.5) is 13.2 Å². The van der Waals surface area contributed by atoms with Gasteiger partial charge in [0.1, 0.15) is 0 Å². The fraction of sp³-hybridized carbons (Fsp3) is 0.818. The first-order chi connectivity index (χ1) is 6.49. The molecule has 0 aliphatic heterocycles. The number of rotatable bonds is 2. The van der Waals surface area contributed by atoms with Crippen LogP contribution in [0.3, 0.4) is 0 Å². The fourth-order valence-corrected chi connectivity index (χ4v) is 2.84. The van der Waals surface area contributed by atoms with E-state index in [0.29, 0.717) is 5.92 Å². The van der Waals surface area contributed by atoms with Crippen molar-refractivity contribution in [3.05, 3.63) is 11.6 Å². The van der Waals surface area contributed by atoms with Crippen LogP contribution in [0.15, 0.2) is 11.6 Å². The molecule has 2 aliphatic rings. The lowest BCUT2D eigenvalue weighted by Gasteiger charge is -2.40. The van der Waals surface area contributed by atoms with Crippen LogP contribution in [0.5, 0.6) is 0 Å². The molecular formula is C11H15F3. The highest BCUT2D eigenvalue weighted by Crippen LogP contribution is 2.53. The van der Waals surface area contributed by atoms with E-state index in [1.54, 1.807) is 0 Å². The van der Waals surface area contributed by atoms with E-state index >= 15 is 0 Å². The average Bonchev–Trinajstić information content (AvgIpc) is 2.37. The van der Waals surface area contributed by atoms with Crippen molar-refractivity contribution in [2.45, 2.75) is 38.8 Å². The molecule has 0 amide bonds. The van der Waals surface area contributed by atoms with Gasteiger partial charge >= 0.3 is 6.18 Å². The molecule has 0 saturated heterocycles. The van der Waals surface area contributed by atoms with Gasteiger partial charge in [-0.15, -0.1) is 0 Å². The Labute approximate surface area is 82.2 Å². The average molecular weight is 204 g/mol. The maximum atomic E-state index is 12.1. The highest BCUT2D eigenvalue weighted by Gasteiger charge is 2.47. The molecular weight excluding hydrogens is 189 g/mol. The van der Waals surface area contributed by atoms with Crippen LogP contribution in [-0.2, 0) is 0 Å². The summed E-state index contributed by atoms with van der Waals surface area (Å²) in [6.07, 6.45) is 0.385. The highest BCUT2D eigenvalue weighted by molar-refractivity contribution is 5.19. The Morgan fingerprint density at radius 3 is 2.71 bits per heavy atom. The lowest BCUT2D eigenvalue weighted by molar-refractivity contribution is -0.158. The summed E-state index contributed by atoms with van der Waals surface area (Å²) in [6.45, 7) is 2.08. The van der Waals surface area contributed by atoms with Gasteiger partial charge in [-0.2, -0.15) is 13.2 Å². The predicted molar refractivity (Wildman–Crippen MR) is 48.8 cm³/mol. The third-order valence-corrected chi connectivity index (χ3v) is 3.59. The van der Waals surface area contributed by atoms with Crippen LogP contribution in [0.1, 0.15) is 32.6 Å². The van der Waals surface area contributed by atoms with Gasteiger partial charge in [-0.3, -0.25) is 0 Å². The standard InChI is InChI=1S/C11H15F3/c1-2-7-3-8-5-9(10(8)4-7)6-11(12,13)14/h4,8-10H,2-3,5-6H2,1H3/t8-,9-,10-/m1/s1. The van der Waals surface area contributed by atoms with Gasteiger partial charge in [0.05, 0.1) is 0 Å². The van der Waals surface area contributed by atoms with E-state index < -0.39 is 12.6 Å². The van der Waals surface area contributed by atoms with E-state index in [0.717, 1.165) is 19.3 Å². The van der Waals surface area contributed by atoms with E-state index in [4.69, 9.17) is 0 Å².